The summed E-state index contributed by atoms with van der Waals surface area (Å²) in [7, 11) is 1.50. The van der Waals surface area contributed by atoms with Gasteiger partial charge in [0.15, 0.2) is 18.8 Å². The molecule has 5 rings (SSSR count). The fourth-order valence-corrected chi connectivity index (χ4v) is 6.99. The largest absolute Gasteiger partial charge is 0.497 e. The van der Waals surface area contributed by atoms with E-state index in [1.807, 2.05) is 0 Å². The van der Waals surface area contributed by atoms with Gasteiger partial charge in [0.2, 0.25) is 0 Å². The lowest BCUT2D eigenvalue weighted by Gasteiger charge is -2.49. The van der Waals surface area contributed by atoms with Crippen LogP contribution in [-0.4, -0.2) is 193 Å². The van der Waals surface area contributed by atoms with Crippen LogP contribution in [0.3, 0.4) is 0 Å². The number of aliphatic hydroxyl groups excluding tert-OH is 11. The van der Waals surface area contributed by atoms with Crippen molar-refractivity contribution in [1.29, 1.82) is 0 Å². The van der Waals surface area contributed by atoms with Gasteiger partial charge in [0.25, 0.3) is 0 Å². The molecule has 0 aromatic heterocycles. The Hall–Kier alpha value is -2.12. The molecule has 4 aliphatic rings. The number of benzene rings is 1. The van der Waals surface area contributed by atoms with Crippen LogP contribution in [0, 0.1) is 0 Å². The zero-order valence-electron chi connectivity index (χ0n) is 28.8. The SMILES string of the molecule is CCC1=CC(NC2C(C)OC(OC3C(CO)OC(OC4C(CO)OC(Nc5ccc(OC)cc5)C(O)C4O)C(O)C3O)C(O)C2O)C(O)C(O)C1O. The second kappa shape index (κ2) is 17.6. The molecule has 3 aliphatic heterocycles. The van der Waals surface area contributed by atoms with Gasteiger partial charge in [-0.25, -0.2) is 0 Å². The van der Waals surface area contributed by atoms with E-state index in [9.17, 15) is 56.2 Å². The summed E-state index contributed by atoms with van der Waals surface area (Å²) in [4.78, 5) is 0. The van der Waals surface area contributed by atoms with Gasteiger partial charge < -0.3 is 95.2 Å². The van der Waals surface area contributed by atoms with Crippen molar-refractivity contribution in [3.05, 3.63) is 35.9 Å². The molecule has 19 atom stereocenters. The fraction of sp³-hybridized carbons (Fsp3) is 0.758. The Bertz CT molecular complexity index is 1310. The molecule has 1 aromatic carbocycles. The van der Waals surface area contributed by atoms with E-state index in [1.165, 1.54) is 20.1 Å². The van der Waals surface area contributed by atoms with Crippen molar-refractivity contribution >= 4 is 5.69 Å². The molecule has 0 saturated carbocycles. The van der Waals surface area contributed by atoms with Crippen molar-refractivity contribution in [2.45, 2.75) is 137 Å². The molecule has 0 amide bonds. The minimum Gasteiger partial charge on any atom is -0.497 e. The molecule has 0 spiro atoms. The molecule has 19 nitrogen and oxygen atoms in total. The van der Waals surface area contributed by atoms with Gasteiger partial charge in [0, 0.05) is 5.69 Å². The van der Waals surface area contributed by atoms with Crippen molar-refractivity contribution in [3.8, 4) is 5.75 Å². The Morgan fingerprint density at radius 3 is 1.81 bits per heavy atom. The number of rotatable bonds is 12. The lowest BCUT2D eigenvalue weighted by Crippen LogP contribution is -2.68. The first-order valence-corrected chi connectivity index (χ1v) is 17.2. The zero-order valence-corrected chi connectivity index (χ0v) is 28.8. The maximum atomic E-state index is 11.1. The highest BCUT2D eigenvalue weighted by molar-refractivity contribution is 5.47. The second-order valence-electron chi connectivity index (χ2n) is 13.5. The van der Waals surface area contributed by atoms with E-state index < -0.39 is 130 Å². The van der Waals surface area contributed by atoms with Gasteiger partial charge in [0.05, 0.1) is 38.5 Å². The molecule has 1 aliphatic carbocycles. The summed E-state index contributed by atoms with van der Waals surface area (Å²) < 4.78 is 34.0. The topological polar surface area (TPSA) is 302 Å². The number of anilines is 1. The van der Waals surface area contributed by atoms with Crippen LogP contribution in [0.5, 0.6) is 5.75 Å². The van der Waals surface area contributed by atoms with E-state index in [-0.39, 0.29) is 0 Å². The molecular weight excluding hydrogens is 696 g/mol. The van der Waals surface area contributed by atoms with Crippen LogP contribution in [0.15, 0.2) is 35.9 Å². The molecule has 1 aromatic rings. The van der Waals surface area contributed by atoms with Crippen LogP contribution in [0.25, 0.3) is 0 Å². The lowest BCUT2D eigenvalue weighted by atomic mass is 9.85. The van der Waals surface area contributed by atoms with E-state index >= 15 is 0 Å². The summed E-state index contributed by atoms with van der Waals surface area (Å²) in [5, 5.41) is 123. The zero-order chi connectivity index (χ0) is 38.0. The van der Waals surface area contributed by atoms with E-state index in [0.29, 0.717) is 23.4 Å². The van der Waals surface area contributed by atoms with Crippen LogP contribution in [0.1, 0.15) is 20.3 Å². The number of aliphatic hydroxyl groups is 11. The number of hydrogen-bond donors (Lipinski definition) is 13. The predicted molar refractivity (Wildman–Crippen MR) is 175 cm³/mol. The van der Waals surface area contributed by atoms with Gasteiger partial charge in [-0.05, 0) is 43.2 Å². The average molecular weight is 749 g/mol. The molecule has 3 heterocycles. The summed E-state index contributed by atoms with van der Waals surface area (Å²) in [5.41, 5.74) is 0.976. The minimum atomic E-state index is -1.90. The molecule has 296 valence electrons. The summed E-state index contributed by atoms with van der Waals surface area (Å²) in [6.07, 6.45) is -23.9. The van der Waals surface area contributed by atoms with Gasteiger partial charge in [-0.2, -0.15) is 0 Å². The first kappa shape index (κ1) is 41.1. The number of nitrogens with one attached hydrogen (secondary N) is 2. The fourth-order valence-electron chi connectivity index (χ4n) is 6.99. The van der Waals surface area contributed by atoms with E-state index in [4.69, 9.17) is 28.4 Å². The van der Waals surface area contributed by atoms with Gasteiger partial charge in [-0.1, -0.05) is 13.0 Å². The molecule has 52 heavy (non-hydrogen) atoms. The molecule has 19 unspecified atom stereocenters. The predicted octanol–water partition coefficient (Wildman–Crippen LogP) is -5.02. The standard InChI is InChI=1S/C33H52N2O17/c1-4-13-9-16(21(39)23(41)20(13)38)35-19-12(2)48-32(27(45)22(19)40)51-30-18(11-37)50-33(28(46)25(30)43)52-29-17(10-36)49-31(26(44)24(29)42)34-14-5-7-15(47-3)8-6-14/h5-9,12,16-46H,4,10-11H2,1-3H3. The smallest absolute Gasteiger partial charge is 0.187 e. The molecular formula is C33H52N2O17. The Morgan fingerprint density at radius 2 is 1.23 bits per heavy atom. The lowest BCUT2D eigenvalue weighted by molar-refractivity contribution is -0.367. The third-order valence-electron chi connectivity index (χ3n) is 10.1. The average Bonchev–Trinajstić information content (AvgIpc) is 3.14. The normalized spacial score (nSPS) is 45.7. The maximum absolute atomic E-state index is 11.1. The van der Waals surface area contributed by atoms with Gasteiger partial charge in [0.1, 0.15) is 85.1 Å². The van der Waals surface area contributed by atoms with Crippen molar-refractivity contribution in [1.82, 2.24) is 5.32 Å². The van der Waals surface area contributed by atoms with Crippen molar-refractivity contribution in [2.24, 2.45) is 0 Å². The number of hydrogen-bond acceptors (Lipinski definition) is 19. The van der Waals surface area contributed by atoms with Gasteiger partial charge >= 0.3 is 0 Å². The number of ether oxygens (including phenoxy) is 6. The van der Waals surface area contributed by atoms with Gasteiger partial charge in [-0.15, -0.1) is 0 Å². The summed E-state index contributed by atoms with van der Waals surface area (Å²) in [6.45, 7) is 1.80. The first-order valence-electron chi connectivity index (χ1n) is 17.2. The molecule has 19 heteroatoms. The Labute approximate surface area is 299 Å². The first-order chi connectivity index (χ1) is 24.7. The second-order valence-corrected chi connectivity index (χ2v) is 13.5. The van der Waals surface area contributed by atoms with Crippen LogP contribution in [0.4, 0.5) is 5.69 Å². The van der Waals surface area contributed by atoms with Crippen LogP contribution < -0.4 is 15.4 Å². The molecule has 0 radical (unpaired) electrons. The third-order valence-corrected chi connectivity index (χ3v) is 10.1. The highest BCUT2D eigenvalue weighted by Gasteiger charge is 2.53. The minimum absolute atomic E-state index is 0.388. The van der Waals surface area contributed by atoms with Crippen LogP contribution in [0.2, 0.25) is 0 Å². The number of methoxy groups -OCH3 is 1. The van der Waals surface area contributed by atoms with Gasteiger partial charge in [-0.3, -0.25) is 0 Å². The third kappa shape index (κ3) is 8.41. The Kier molecular flexibility index (Phi) is 13.9. The Balaban J connectivity index is 1.21. The highest BCUT2D eigenvalue weighted by Crippen LogP contribution is 2.33. The molecule has 0 bridgehead atoms. The van der Waals surface area contributed by atoms with Crippen LogP contribution in [-0.2, 0) is 23.7 Å². The summed E-state index contributed by atoms with van der Waals surface area (Å²) in [5.74, 6) is 0.583. The maximum Gasteiger partial charge on any atom is 0.187 e. The monoisotopic (exact) mass is 748 g/mol. The quantitative estimate of drug-likeness (QED) is 0.0890. The van der Waals surface area contributed by atoms with E-state index in [0.717, 1.165) is 0 Å². The summed E-state index contributed by atoms with van der Waals surface area (Å²) >= 11 is 0. The molecule has 3 saturated heterocycles. The van der Waals surface area contributed by atoms with E-state index in [1.54, 1.807) is 31.2 Å². The highest BCUT2D eigenvalue weighted by atomic mass is 16.7. The molecule has 13 N–H and O–H groups in total. The molecule has 3 fully saturated rings. The van der Waals surface area contributed by atoms with Crippen molar-refractivity contribution < 1.29 is 84.6 Å². The van der Waals surface area contributed by atoms with Crippen molar-refractivity contribution in [3.63, 3.8) is 0 Å². The van der Waals surface area contributed by atoms with Crippen molar-refractivity contribution in [2.75, 3.05) is 25.6 Å². The summed E-state index contributed by atoms with van der Waals surface area (Å²) in [6, 6.07) is 4.68. The van der Waals surface area contributed by atoms with E-state index in [2.05, 4.69) is 10.6 Å². The van der Waals surface area contributed by atoms with Crippen LogP contribution >= 0.6 is 0 Å². The Morgan fingerprint density at radius 1 is 0.673 bits per heavy atom.